The van der Waals surface area contributed by atoms with Gasteiger partial charge in [-0.2, -0.15) is 5.26 Å². The lowest BCUT2D eigenvalue weighted by molar-refractivity contribution is -0.138. The lowest BCUT2D eigenvalue weighted by Gasteiger charge is -2.09. The Hall–Kier alpha value is -3.66. The highest BCUT2D eigenvalue weighted by atomic mass is 16.5. The molecular weight excluding hydrogens is 320 g/mol. The van der Waals surface area contributed by atoms with Gasteiger partial charge in [0.1, 0.15) is 30.3 Å². The van der Waals surface area contributed by atoms with Crippen molar-refractivity contribution >= 4 is 5.97 Å². The standard InChI is InChI=1S/C18H14N4O3/c19-10-13-6-8-15(9-7-13)25-12-16-18(14-4-2-1-3-5-14)20-21-22(16)11-17(23)24/h1-9H,11-12H2,(H,23,24). The molecule has 3 rings (SSSR count). The molecule has 3 aromatic rings. The number of carboxylic acid groups (broad SMARTS) is 1. The van der Waals surface area contributed by atoms with Crippen molar-refractivity contribution in [2.45, 2.75) is 13.2 Å². The van der Waals surface area contributed by atoms with Crippen LogP contribution in [0, 0.1) is 11.3 Å². The van der Waals surface area contributed by atoms with Crippen LogP contribution in [0.15, 0.2) is 54.6 Å². The topological polar surface area (TPSA) is 101 Å². The Morgan fingerprint density at radius 3 is 2.52 bits per heavy atom. The molecule has 0 unspecified atom stereocenters. The third-order valence-electron chi connectivity index (χ3n) is 3.53. The third-order valence-corrected chi connectivity index (χ3v) is 3.53. The second-order valence-electron chi connectivity index (χ2n) is 5.23. The number of rotatable bonds is 6. The lowest BCUT2D eigenvalue weighted by atomic mass is 10.1. The Balaban J connectivity index is 1.88. The minimum Gasteiger partial charge on any atom is -0.487 e. The molecule has 1 heterocycles. The lowest BCUT2D eigenvalue weighted by Crippen LogP contribution is -2.14. The number of nitrogens with zero attached hydrogens (tertiary/aromatic N) is 4. The average Bonchev–Trinajstić information content (AvgIpc) is 3.03. The van der Waals surface area contributed by atoms with Crippen LogP contribution in [0.3, 0.4) is 0 Å². The summed E-state index contributed by atoms with van der Waals surface area (Å²) in [6.45, 7) is -0.192. The Bertz CT molecular complexity index is 912. The molecule has 0 fully saturated rings. The fraction of sp³-hybridized carbons (Fsp3) is 0.111. The van der Waals surface area contributed by atoms with Gasteiger partial charge >= 0.3 is 5.97 Å². The number of aliphatic carboxylic acids is 1. The molecule has 0 radical (unpaired) electrons. The van der Waals surface area contributed by atoms with Gasteiger partial charge in [-0.3, -0.25) is 4.79 Å². The van der Waals surface area contributed by atoms with Crippen molar-refractivity contribution in [2.24, 2.45) is 0 Å². The zero-order valence-corrected chi connectivity index (χ0v) is 13.2. The van der Waals surface area contributed by atoms with Gasteiger partial charge in [0.15, 0.2) is 0 Å². The van der Waals surface area contributed by atoms with Gasteiger partial charge in [-0.15, -0.1) is 5.10 Å². The smallest absolute Gasteiger partial charge is 0.325 e. The maximum Gasteiger partial charge on any atom is 0.325 e. The maximum atomic E-state index is 11.1. The average molecular weight is 334 g/mol. The molecule has 0 aliphatic heterocycles. The molecule has 0 amide bonds. The van der Waals surface area contributed by atoms with Gasteiger partial charge in [-0.05, 0) is 24.3 Å². The van der Waals surface area contributed by atoms with E-state index in [2.05, 4.69) is 10.3 Å². The summed E-state index contributed by atoms with van der Waals surface area (Å²) in [5.41, 5.74) is 2.51. The van der Waals surface area contributed by atoms with E-state index in [1.165, 1.54) is 4.68 Å². The van der Waals surface area contributed by atoms with E-state index >= 15 is 0 Å². The fourth-order valence-electron chi connectivity index (χ4n) is 2.33. The predicted octanol–water partition coefficient (Wildman–Crippen LogP) is 2.48. The number of carbonyl (C=O) groups is 1. The predicted molar refractivity (Wildman–Crippen MR) is 88.6 cm³/mol. The molecule has 0 aliphatic carbocycles. The summed E-state index contributed by atoms with van der Waals surface area (Å²) in [5, 5.41) is 25.9. The van der Waals surface area contributed by atoms with Gasteiger partial charge in [0.05, 0.1) is 11.6 Å². The van der Waals surface area contributed by atoms with Crippen molar-refractivity contribution in [2.75, 3.05) is 0 Å². The van der Waals surface area contributed by atoms with Crippen molar-refractivity contribution in [1.29, 1.82) is 5.26 Å². The Labute approximate surface area is 143 Å². The number of hydrogen-bond donors (Lipinski definition) is 1. The molecule has 0 spiro atoms. The molecule has 25 heavy (non-hydrogen) atoms. The number of benzene rings is 2. The minimum absolute atomic E-state index is 0.108. The van der Waals surface area contributed by atoms with E-state index in [1.54, 1.807) is 24.3 Å². The maximum absolute atomic E-state index is 11.1. The molecule has 0 bridgehead atoms. The normalized spacial score (nSPS) is 10.2. The summed E-state index contributed by atoms with van der Waals surface area (Å²) in [5.74, 6) is -0.440. The van der Waals surface area contributed by atoms with E-state index in [-0.39, 0.29) is 13.2 Å². The van der Waals surface area contributed by atoms with Crippen LogP contribution < -0.4 is 4.74 Å². The van der Waals surface area contributed by atoms with Crippen molar-refractivity contribution in [3.05, 3.63) is 65.9 Å². The Morgan fingerprint density at radius 2 is 1.88 bits per heavy atom. The van der Waals surface area contributed by atoms with E-state index in [0.29, 0.717) is 22.7 Å². The molecule has 2 aromatic carbocycles. The summed E-state index contributed by atoms with van der Waals surface area (Å²) in [4.78, 5) is 11.1. The van der Waals surface area contributed by atoms with E-state index in [0.717, 1.165) is 5.56 Å². The first-order valence-corrected chi connectivity index (χ1v) is 7.50. The second-order valence-corrected chi connectivity index (χ2v) is 5.23. The highest BCUT2D eigenvalue weighted by Gasteiger charge is 2.17. The van der Waals surface area contributed by atoms with Crippen molar-refractivity contribution in [3.8, 4) is 23.1 Å². The quantitative estimate of drug-likeness (QED) is 0.743. The monoisotopic (exact) mass is 334 g/mol. The molecule has 7 nitrogen and oxygen atoms in total. The summed E-state index contributed by atoms with van der Waals surface area (Å²) in [6.07, 6.45) is 0. The molecule has 0 aliphatic rings. The number of aromatic nitrogens is 3. The van der Waals surface area contributed by atoms with Gasteiger partial charge < -0.3 is 9.84 Å². The molecule has 0 atom stereocenters. The van der Waals surface area contributed by atoms with Crippen LogP contribution in [0.25, 0.3) is 11.3 Å². The first kappa shape index (κ1) is 16.2. The van der Waals surface area contributed by atoms with E-state index in [4.69, 9.17) is 15.1 Å². The van der Waals surface area contributed by atoms with Crippen LogP contribution >= 0.6 is 0 Å². The molecule has 1 N–H and O–H groups in total. The van der Waals surface area contributed by atoms with Crippen LogP contribution in [0.1, 0.15) is 11.3 Å². The number of nitriles is 1. The van der Waals surface area contributed by atoms with Crippen molar-refractivity contribution in [3.63, 3.8) is 0 Å². The largest absolute Gasteiger partial charge is 0.487 e. The first-order valence-electron chi connectivity index (χ1n) is 7.50. The Morgan fingerprint density at radius 1 is 1.16 bits per heavy atom. The molecule has 1 aromatic heterocycles. The summed E-state index contributed by atoms with van der Waals surface area (Å²) in [7, 11) is 0. The minimum atomic E-state index is -1.01. The number of hydrogen-bond acceptors (Lipinski definition) is 5. The Kier molecular flexibility index (Phi) is 4.72. The summed E-state index contributed by atoms with van der Waals surface area (Å²) >= 11 is 0. The highest BCUT2D eigenvalue weighted by molar-refractivity contribution is 5.67. The van der Waals surface area contributed by atoms with E-state index in [9.17, 15) is 4.79 Å². The van der Waals surface area contributed by atoms with Gasteiger partial charge in [0.2, 0.25) is 0 Å². The molecule has 0 saturated carbocycles. The van der Waals surface area contributed by atoms with E-state index < -0.39 is 5.97 Å². The molecular formula is C18H14N4O3. The van der Waals surface area contributed by atoms with Gasteiger partial charge in [-0.1, -0.05) is 35.5 Å². The summed E-state index contributed by atoms with van der Waals surface area (Å²) < 4.78 is 7.04. The SMILES string of the molecule is N#Cc1ccc(OCc2c(-c3ccccc3)nnn2CC(=O)O)cc1. The molecule has 7 heteroatoms. The van der Waals surface area contributed by atoms with Crippen molar-refractivity contribution < 1.29 is 14.6 Å². The zero-order valence-electron chi connectivity index (χ0n) is 13.2. The van der Waals surface area contributed by atoms with Crippen LogP contribution in [0.2, 0.25) is 0 Å². The third kappa shape index (κ3) is 3.82. The zero-order chi connectivity index (χ0) is 17.6. The van der Waals surface area contributed by atoms with Crippen LogP contribution in [-0.4, -0.2) is 26.1 Å². The van der Waals surface area contributed by atoms with E-state index in [1.807, 2.05) is 36.4 Å². The molecule has 0 saturated heterocycles. The first-order chi connectivity index (χ1) is 12.2. The van der Waals surface area contributed by atoms with Gasteiger partial charge in [-0.25, -0.2) is 4.68 Å². The summed E-state index contributed by atoms with van der Waals surface area (Å²) in [6, 6.07) is 18.1. The molecule has 124 valence electrons. The van der Waals surface area contributed by atoms with Crippen LogP contribution in [0.5, 0.6) is 5.75 Å². The number of ether oxygens (including phenoxy) is 1. The van der Waals surface area contributed by atoms with Crippen LogP contribution in [-0.2, 0) is 17.9 Å². The second kappa shape index (κ2) is 7.27. The van der Waals surface area contributed by atoms with Gasteiger partial charge in [0, 0.05) is 5.56 Å². The fourth-order valence-corrected chi connectivity index (χ4v) is 2.33. The number of carboxylic acids is 1. The van der Waals surface area contributed by atoms with Crippen molar-refractivity contribution in [1.82, 2.24) is 15.0 Å². The van der Waals surface area contributed by atoms with Gasteiger partial charge in [0.25, 0.3) is 0 Å². The van der Waals surface area contributed by atoms with Crippen LogP contribution in [0.4, 0.5) is 0 Å². The highest BCUT2D eigenvalue weighted by Crippen LogP contribution is 2.23.